The van der Waals surface area contributed by atoms with Crippen LogP contribution < -0.4 is 71.9 Å². The molecule has 608 valence electrons. The maximum atomic E-state index is 12.5. The van der Waals surface area contributed by atoms with Crippen molar-refractivity contribution in [3.63, 3.8) is 0 Å². The summed E-state index contributed by atoms with van der Waals surface area (Å²) in [4.78, 5) is 190. The fourth-order valence-corrected chi connectivity index (χ4v) is 15.4. The zero-order valence-corrected chi connectivity index (χ0v) is 63.0. The molecule has 14 unspecified atom stereocenters. The molecule has 4 aromatic rings. The Morgan fingerprint density at radius 3 is 1.31 bits per heavy atom. The summed E-state index contributed by atoms with van der Waals surface area (Å²) in [7, 11) is -35.2. The molecule has 0 saturated carbocycles. The quantitative estimate of drug-likeness (QED) is 0.0112. The number of imidazole rings is 2. The normalized spacial score (nSPS) is 21.8. The van der Waals surface area contributed by atoms with Crippen molar-refractivity contribution in [2.24, 2.45) is 10.8 Å². The van der Waals surface area contributed by atoms with Crippen LogP contribution in [-0.4, -0.2) is 229 Å². The van der Waals surface area contributed by atoms with Gasteiger partial charge in [0, 0.05) is 67.8 Å². The molecule has 6 rings (SSSR count). The lowest BCUT2D eigenvalue weighted by Gasteiger charge is -2.36. The molecule has 2 fully saturated rings. The number of nitrogen functional groups attached to an aromatic ring is 2. The monoisotopic (exact) mass is 1690 g/mol. The number of carbonyl (C=O) groups excluding carboxylic acids is 6. The molecule has 107 heavy (non-hydrogen) atoms. The molecular formula is C48H74N14O37P6S2-8. The van der Waals surface area contributed by atoms with E-state index in [0.717, 1.165) is 64.0 Å². The van der Waals surface area contributed by atoms with Crippen LogP contribution in [0.25, 0.3) is 22.3 Å². The van der Waals surface area contributed by atoms with Gasteiger partial charge in [0.2, 0.25) is 28.7 Å². The summed E-state index contributed by atoms with van der Waals surface area (Å²) in [5.74, 6) is -2.64. The van der Waals surface area contributed by atoms with Crippen molar-refractivity contribution in [3.8, 4) is 0 Å². The Morgan fingerprint density at radius 2 is 0.953 bits per heavy atom. The fourth-order valence-electron chi connectivity index (χ4n) is 8.75. The molecule has 0 spiro atoms. The third-order valence-corrected chi connectivity index (χ3v) is 21.8. The number of ether oxygens (including phenoxy) is 2. The number of hydrogen-bond acceptors (Lipinski definition) is 45. The highest BCUT2D eigenvalue weighted by molar-refractivity contribution is 8.14. The molecule has 6 heterocycles. The highest BCUT2D eigenvalue weighted by Gasteiger charge is 2.49. The van der Waals surface area contributed by atoms with E-state index < -0.39 is 169 Å². The van der Waals surface area contributed by atoms with Crippen LogP contribution in [0.3, 0.4) is 0 Å². The Morgan fingerprint density at radius 1 is 0.589 bits per heavy atom. The van der Waals surface area contributed by atoms with E-state index in [1.807, 2.05) is 0 Å². The van der Waals surface area contributed by atoms with E-state index in [9.17, 15) is 116 Å². The van der Waals surface area contributed by atoms with Gasteiger partial charge in [0.15, 0.2) is 40.5 Å². The van der Waals surface area contributed by atoms with Crippen molar-refractivity contribution in [2.75, 3.05) is 82.2 Å². The molecule has 0 bridgehead atoms. The highest BCUT2D eigenvalue weighted by atomic mass is 32.2. The molecule has 4 amide bonds. The van der Waals surface area contributed by atoms with Gasteiger partial charge < -0.3 is 154 Å². The van der Waals surface area contributed by atoms with Crippen molar-refractivity contribution in [2.45, 2.75) is 108 Å². The Hall–Kier alpha value is -5.26. The molecule has 2 aliphatic heterocycles. The van der Waals surface area contributed by atoms with Gasteiger partial charge in [-0.1, -0.05) is 57.8 Å². The van der Waals surface area contributed by atoms with Gasteiger partial charge in [0.25, 0.3) is 31.3 Å². The third kappa shape index (κ3) is 30.4. The van der Waals surface area contributed by atoms with Crippen molar-refractivity contribution < 1.29 is 177 Å². The minimum Gasteiger partial charge on any atom is -0.790 e. The summed E-state index contributed by atoms with van der Waals surface area (Å²) in [5, 5.41) is 60.2. The smallest absolute Gasteiger partial charge is 0.274 e. The first-order valence-corrected chi connectivity index (χ1v) is 40.5. The number of hydrogen-bond donors (Lipinski definition) is 11. The summed E-state index contributed by atoms with van der Waals surface area (Å²) in [6, 6.07) is 0. The lowest BCUT2D eigenvalue weighted by atomic mass is 9.87. The Bertz CT molecular complexity index is 4010. The second kappa shape index (κ2) is 41.3. The predicted molar refractivity (Wildman–Crippen MR) is 346 cm³/mol. The minimum absolute atomic E-state index is 0. The first-order chi connectivity index (χ1) is 48.6. The zero-order valence-electron chi connectivity index (χ0n) is 56.0. The van der Waals surface area contributed by atoms with Gasteiger partial charge in [0.05, 0.1) is 61.3 Å². The van der Waals surface area contributed by atoms with E-state index in [2.05, 4.69) is 93.5 Å². The summed E-state index contributed by atoms with van der Waals surface area (Å²) in [6.07, 6.45) is -14.1. The minimum atomic E-state index is -5.91. The van der Waals surface area contributed by atoms with Crippen molar-refractivity contribution >= 4 is 138 Å². The number of carbonyl (C=O) groups is 6. The van der Waals surface area contributed by atoms with Gasteiger partial charge in [-0.2, -0.15) is 0 Å². The van der Waals surface area contributed by atoms with Crippen molar-refractivity contribution in [3.05, 3.63) is 38.0 Å². The van der Waals surface area contributed by atoms with Crippen LogP contribution in [0.2, 0.25) is 0 Å². The number of nitrogens with one attached hydrogen (secondary N) is 4. The predicted octanol–water partition coefficient (Wildman–Crippen LogP) is -9.81. The molecule has 17 N–H and O–H groups in total. The second-order valence-electron chi connectivity index (χ2n) is 23.0. The number of aromatic nitrogens is 8. The molecular weight excluding hydrogens is 1610 g/mol. The number of anilines is 2. The van der Waals surface area contributed by atoms with E-state index in [-0.39, 0.29) is 113 Å². The molecule has 14 atom stereocenters. The number of rotatable bonds is 41. The topological polar surface area (TPSA) is 833 Å². The largest absolute Gasteiger partial charge is 0.790 e. The molecule has 0 aromatic carbocycles. The number of amides is 4. The molecule has 0 aliphatic carbocycles. The van der Waals surface area contributed by atoms with Gasteiger partial charge in [-0.15, -0.1) is 0 Å². The van der Waals surface area contributed by atoms with Crippen LogP contribution in [0.5, 0.6) is 0 Å². The van der Waals surface area contributed by atoms with E-state index in [1.54, 1.807) is 0 Å². The fraction of sp³-hybridized carbons (Fsp3) is 0.625. The highest BCUT2D eigenvalue weighted by Crippen LogP contribution is 2.58. The first-order valence-electron chi connectivity index (χ1n) is 29.8. The number of aliphatic hydroxyl groups excluding tert-OH is 5. The van der Waals surface area contributed by atoms with Crippen LogP contribution in [0.15, 0.2) is 38.0 Å². The van der Waals surface area contributed by atoms with Crippen LogP contribution in [0.1, 0.15) is 59.4 Å². The number of phosphoric ester groups is 6. The number of nitrogens with zero attached hydrogens (tertiary/aromatic N) is 8. The van der Waals surface area contributed by atoms with Crippen molar-refractivity contribution in [1.29, 1.82) is 0 Å². The van der Waals surface area contributed by atoms with E-state index in [1.165, 1.54) is 27.7 Å². The molecule has 0 radical (unpaired) electrons. The summed E-state index contributed by atoms with van der Waals surface area (Å²) in [6.45, 7) is 3.04. The molecule has 59 heteroatoms. The van der Waals surface area contributed by atoms with Crippen LogP contribution in [-0.2, 0) is 101 Å². The third-order valence-electron chi connectivity index (χ3n) is 13.9. The van der Waals surface area contributed by atoms with Gasteiger partial charge in [-0.3, -0.25) is 56.2 Å². The maximum Gasteiger partial charge on any atom is 0.274 e. The molecule has 51 nitrogen and oxygen atoms in total. The van der Waals surface area contributed by atoms with E-state index in [0.29, 0.717) is 5.75 Å². The number of nitrogens with two attached hydrogens (primary N) is 2. The van der Waals surface area contributed by atoms with Gasteiger partial charge in [-0.25, -0.2) is 38.5 Å². The average Bonchev–Trinajstić information content (AvgIpc) is 1.62. The molecule has 2 aliphatic rings. The van der Waals surface area contributed by atoms with Crippen LogP contribution in [0.4, 0.5) is 11.6 Å². The van der Waals surface area contributed by atoms with Gasteiger partial charge in [-0.05, 0) is 6.08 Å². The van der Waals surface area contributed by atoms with E-state index >= 15 is 0 Å². The zero-order chi connectivity index (χ0) is 78.8. The SMILES string of the molecule is C=CC(=O)SCCNC(=O)CCNC(=O)C(O)C(C)(C)COP(=O)([O-])OP(=O)([O-])OCC1OC(n2cnc3c(N)ncnc32)C(O)C1OP(=O)([O-])[O-].CC(C)(COP(=O)([O-])OP(=O)([O-])OCC1OC(n2cnc3c(N)ncnc32)C(O)C1OP(=O)([O-])[O-])C(O)C(=O)NCCC(=O)NCCSC(=O)CCO.O.O. The average molecular weight is 1690 g/mol. The number of phosphoric acid groups is 6. The standard InChI is InChI=1S/C24H40N7O18P3S.C24H38N7O17P3S.2H2O/c1-24(2,19(36)22(37)27-5-3-14(33)26-6-8-53-15(34)4-7-32)10-46-52(43,44)49-51(41,42)45-9-13-18(48-50(38,39)40)17(35)23(47-13)31-12-30-16-20(25)28-11-29-21(16)31;1-4-15(33)52-8-7-26-14(32)5-6-27-22(36)19(35)24(2,3)10-45-51(42,43)48-50(40,41)44-9-13-18(47-49(37,38)39)17(34)23(46-13)31-12-30-16-20(25)28-11-29-21(16)31;;/h11-13,17-19,23,32,35-36H,3-10H2,1-2H3,(H,26,33)(H,27,37)(H,41,42)(H,43,44)(H2,25,28,29)(H2,38,39,40);4,11-13,17-19,23,34-35H,1,5-10H2,2-3H3,(H,26,32)(H,27,36)(H,40,41)(H,42,43)(H2,25,28,29)(H2,37,38,39);2*1H2/p-8. The van der Waals surface area contributed by atoms with Crippen molar-refractivity contribution in [1.82, 2.24) is 60.3 Å². The first kappa shape index (κ1) is 95.9. The Balaban J connectivity index is 0.000000545. The molecule has 4 aromatic heterocycles. The summed E-state index contributed by atoms with van der Waals surface area (Å²) >= 11 is 1.86. The second-order valence-corrected chi connectivity index (χ2v) is 33.4. The lowest BCUT2D eigenvalue weighted by Crippen LogP contribution is -2.46. The van der Waals surface area contributed by atoms with Crippen LogP contribution >= 0.6 is 70.5 Å². The van der Waals surface area contributed by atoms with Gasteiger partial charge >= 0.3 is 0 Å². The van der Waals surface area contributed by atoms with Crippen LogP contribution in [0, 0.1) is 10.8 Å². The number of aliphatic hydroxyl groups is 5. The Labute approximate surface area is 612 Å². The molecule has 2 saturated heterocycles. The van der Waals surface area contributed by atoms with Gasteiger partial charge in [0.1, 0.15) is 72.5 Å². The number of fused-ring (bicyclic) bond motifs is 2. The van der Waals surface area contributed by atoms with E-state index in [4.69, 9.17) is 26.0 Å². The summed E-state index contributed by atoms with van der Waals surface area (Å²) < 4.78 is 120. The maximum absolute atomic E-state index is 12.5. The summed E-state index contributed by atoms with van der Waals surface area (Å²) in [5.41, 5.74) is 8.09. The Kier molecular flexibility index (Phi) is 37.0. The number of thioether (sulfide) groups is 2. The lowest BCUT2D eigenvalue weighted by molar-refractivity contribution is -0.348.